The van der Waals surface area contributed by atoms with Gasteiger partial charge in [-0.1, -0.05) is 35.9 Å². The van der Waals surface area contributed by atoms with Gasteiger partial charge in [0.2, 0.25) is 5.91 Å². The first kappa shape index (κ1) is 13.5. The fourth-order valence-electron chi connectivity index (χ4n) is 2.13. The van der Waals surface area contributed by atoms with Crippen LogP contribution in [0.4, 0.5) is 5.69 Å². The third kappa shape index (κ3) is 3.15. The van der Waals surface area contributed by atoms with Crippen molar-refractivity contribution in [2.45, 2.75) is 0 Å². The first-order chi connectivity index (χ1) is 10.2. The number of amides is 1. The van der Waals surface area contributed by atoms with Crippen LogP contribution in [-0.2, 0) is 4.79 Å². The summed E-state index contributed by atoms with van der Waals surface area (Å²) in [5.41, 5.74) is 1.74. The third-order valence-electron chi connectivity index (χ3n) is 3.11. The molecule has 1 N–H and O–H groups in total. The molecule has 0 aliphatic heterocycles. The summed E-state index contributed by atoms with van der Waals surface area (Å²) in [4.78, 5) is 11.9. The lowest BCUT2D eigenvalue weighted by molar-refractivity contribution is -0.111. The SMILES string of the molecule is O=C(C=Cn1ccc2ccccc21)Nc1cccc(Cl)c1. The van der Waals surface area contributed by atoms with Crippen molar-refractivity contribution in [1.82, 2.24) is 4.57 Å². The minimum absolute atomic E-state index is 0.199. The number of fused-ring (bicyclic) bond motifs is 1. The van der Waals surface area contributed by atoms with E-state index in [0.717, 1.165) is 10.9 Å². The Labute approximate surface area is 127 Å². The summed E-state index contributed by atoms with van der Waals surface area (Å²) >= 11 is 5.88. The van der Waals surface area contributed by atoms with Crippen molar-refractivity contribution in [3.8, 4) is 0 Å². The number of carbonyl (C=O) groups excluding carboxylic acids is 1. The molecule has 0 fully saturated rings. The van der Waals surface area contributed by atoms with Crippen LogP contribution in [0, 0.1) is 0 Å². The molecular formula is C17H13ClN2O. The molecule has 0 saturated carbocycles. The van der Waals surface area contributed by atoms with Crippen LogP contribution in [0.2, 0.25) is 5.02 Å². The number of halogens is 1. The van der Waals surface area contributed by atoms with E-state index in [0.29, 0.717) is 10.7 Å². The van der Waals surface area contributed by atoms with Gasteiger partial charge in [-0.2, -0.15) is 0 Å². The van der Waals surface area contributed by atoms with Gasteiger partial charge in [0.15, 0.2) is 0 Å². The fraction of sp³-hybridized carbons (Fsp3) is 0. The van der Waals surface area contributed by atoms with Crippen LogP contribution in [0.3, 0.4) is 0 Å². The van der Waals surface area contributed by atoms with E-state index in [4.69, 9.17) is 11.6 Å². The lowest BCUT2D eigenvalue weighted by Crippen LogP contribution is -2.07. The van der Waals surface area contributed by atoms with Crippen molar-refractivity contribution >= 4 is 40.3 Å². The lowest BCUT2D eigenvalue weighted by atomic mass is 10.2. The number of para-hydroxylation sites is 1. The number of anilines is 1. The maximum Gasteiger partial charge on any atom is 0.249 e. The minimum atomic E-state index is -0.199. The molecule has 1 heterocycles. The van der Waals surface area contributed by atoms with E-state index in [1.54, 1.807) is 30.5 Å². The molecule has 0 radical (unpaired) electrons. The average Bonchev–Trinajstić information content (AvgIpc) is 2.88. The Morgan fingerprint density at radius 1 is 1.10 bits per heavy atom. The molecule has 3 nitrogen and oxygen atoms in total. The normalized spacial score (nSPS) is 11.1. The van der Waals surface area contributed by atoms with Crippen LogP contribution in [0.5, 0.6) is 0 Å². The monoisotopic (exact) mass is 296 g/mol. The molecule has 0 aliphatic rings. The van der Waals surface area contributed by atoms with E-state index in [9.17, 15) is 4.79 Å². The molecule has 4 heteroatoms. The molecule has 104 valence electrons. The van der Waals surface area contributed by atoms with Gasteiger partial charge in [-0.15, -0.1) is 0 Å². The molecule has 0 saturated heterocycles. The molecular weight excluding hydrogens is 284 g/mol. The van der Waals surface area contributed by atoms with E-state index < -0.39 is 0 Å². The molecule has 2 aromatic carbocycles. The highest BCUT2D eigenvalue weighted by Crippen LogP contribution is 2.16. The van der Waals surface area contributed by atoms with Crippen molar-refractivity contribution < 1.29 is 4.79 Å². The molecule has 0 aliphatic carbocycles. The second-order valence-corrected chi connectivity index (χ2v) is 5.03. The van der Waals surface area contributed by atoms with Gasteiger partial charge >= 0.3 is 0 Å². The van der Waals surface area contributed by atoms with Gasteiger partial charge in [0.1, 0.15) is 0 Å². The van der Waals surface area contributed by atoms with Crippen molar-refractivity contribution in [1.29, 1.82) is 0 Å². The quantitative estimate of drug-likeness (QED) is 0.714. The summed E-state index contributed by atoms with van der Waals surface area (Å²) in [5.74, 6) is -0.199. The highest BCUT2D eigenvalue weighted by molar-refractivity contribution is 6.30. The van der Waals surface area contributed by atoms with Gasteiger partial charge in [-0.25, -0.2) is 0 Å². The van der Waals surface area contributed by atoms with Crippen LogP contribution in [0.1, 0.15) is 0 Å². The minimum Gasteiger partial charge on any atom is -0.323 e. The predicted molar refractivity (Wildman–Crippen MR) is 87.3 cm³/mol. The number of carbonyl (C=O) groups is 1. The predicted octanol–water partition coefficient (Wildman–Crippen LogP) is 4.40. The van der Waals surface area contributed by atoms with Crippen molar-refractivity contribution in [3.05, 3.63) is 71.9 Å². The van der Waals surface area contributed by atoms with Gasteiger partial charge < -0.3 is 9.88 Å². The second-order valence-electron chi connectivity index (χ2n) is 4.60. The zero-order chi connectivity index (χ0) is 14.7. The van der Waals surface area contributed by atoms with Crippen molar-refractivity contribution in [3.63, 3.8) is 0 Å². The Balaban J connectivity index is 1.75. The Kier molecular flexibility index (Phi) is 3.75. The largest absolute Gasteiger partial charge is 0.323 e. The van der Waals surface area contributed by atoms with Crippen molar-refractivity contribution in [2.75, 3.05) is 5.32 Å². The maximum atomic E-state index is 11.9. The van der Waals surface area contributed by atoms with Gasteiger partial charge in [-0.05, 0) is 35.7 Å². The zero-order valence-electron chi connectivity index (χ0n) is 11.2. The Morgan fingerprint density at radius 2 is 1.95 bits per heavy atom. The molecule has 1 amide bonds. The summed E-state index contributed by atoms with van der Waals surface area (Å²) < 4.78 is 1.91. The lowest BCUT2D eigenvalue weighted by Gasteiger charge is -2.02. The number of hydrogen-bond acceptors (Lipinski definition) is 1. The van der Waals surface area contributed by atoms with Crippen LogP contribution in [-0.4, -0.2) is 10.5 Å². The van der Waals surface area contributed by atoms with E-state index >= 15 is 0 Å². The van der Waals surface area contributed by atoms with E-state index in [1.807, 2.05) is 41.1 Å². The molecule has 3 aromatic rings. The van der Waals surface area contributed by atoms with Gasteiger partial charge in [0.25, 0.3) is 0 Å². The third-order valence-corrected chi connectivity index (χ3v) is 3.34. The standard InChI is InChI=1S/C17H13ClN2O/c18-14-5-3-6-15(12-14)19-17(21)9-11-20-10-8-13-4-1-2-7-16(13)20/h1-12H,(H,19,21). The first-order valence-corrected chi connectivity index (χ1v) is 6.90. The summed E-state index contributed by atoms with van der Waals surface area (Å²) in [6, 6.07) is 17.1. The topological polar surface area (TPSA) is 34.0 Å². The molecule has 21 heavy (non-hydrogen) atoms. The smallest absolute Gasteiger partial charge is 0.249 e. The molecule has 0 bridgehead atoms. The number of benzene rings is 2. The Bertz CT molecular complexity index is 820. The Hall–Kier alpha value is -2.52. The molecule has 3 rings (SSSR count). The number of rotatable bonds is 3. The molecule has 1 aromatic heterocycles. The summed E-state index contributed by atoms with van der Waals surface area (Å²) in [6.45, 7) is 0. The zero-order valence-corrected chi connectivity index (χ0v) is 11.9. The van der Waals surface area contributed by atoms with E-state index in [1.165, 1.54) is 6.08 Å². The summed E-state index contributed by atoms with van der Waals surface area (Å²) in [7, 11) is 0. The second kappa shape index (κ2) is 5.85. The van der Waals surface area contributed by atoms with E-state index in [-0.39, 0.29) is 5.91 Å². The van der Waals surface area contributed by atoms with E-state index in [2.05, 4.69) is 5.32 Å². The highest BCUT2D eigenvalue weighted by Gasteiger charge is 2.00. The van der Waals surface area contributed by atoms with Crippen molar-refractivity contribution in [2.24, 2.45) is 0 Å². The van der Waals surface area contributed by atoms with Crippen LogP contribution in [0.25, 0.3) is 17.1 Å². The van der Waals surface area contributed by atoms with Gasteiger partial charge in [0, 0.05) is 29.2 Å². The average molecular weight is 297 g/mol. The number of hydrogen-bond donors (Lipinski definition) is 1. The van der Waals surface area contributed by atoms with Gasteiger partial charge in [-0.3, -0.25) is 4.79 Å². The van der Waals surface area contributed by atoms with Crippen LogP contribution in [0.15, 0.2) is 66.9 Å². The summed E-state index contributed by atoms with van der Waals surface area (Å²) in [6.07, 6.45) is 5.16. The summed E-state index contributed by atoms with van der Waals surface area (Å²) in [5, 5.41) is 4.50. The number of aromatic nitrogens is 1. The number of nitrogens with zero attached hydrogens (tertiary/aromatic N) is 1. The van der Waals surface area contributed by atoms with Crippen LogP contribution >= 0.6 is 11.6 Å². The number of nitrogens with one attached hydrogen (secondary N) is 1. The molecule has 0 spiro atoms. The first-order valence-electron chi connectivity index (χ1n) is 6.53. The van der Waals surface area contributed by atoms with Crippen LogP contribution < -0.4 is 5.32 Å². The highest BCUT2D eigenvalue weighted by atomic mass is 35.5. The Morgan fingerprint density at radius 3 is 2.81 bits per heavy atom. The maximum absolute atomic E-state index is 11.9. The fourth-order valence-corrected chi connectivity index (χ4v) is 2.32. The molecule has 0 atom stereocenters. The van der Waals surface area contributed by atoms with Gasteiger partial charge in [0.05, 0.1) is 5.52 Å². The molecule has 0 unspecified atom stereocenters.